The van der Waals surface area contributed by atoms with Crippen molar-refractivity contribution in [2.75, 3.05) is 13.3 Å². The number of hydrogen-bond donors (Lipinski definition) is 4. The van der Waals surface area contributed by atoms with Crippen molar-refractivity contribution in [2.24, 2.45) is 0 Å². The summed E-state index contributed by atoms with van der Waals surface area (Å²) in [6.07, 6.45) is -2.08. The van der Waals surface area contributed by atoms with Crippen molar-refractivity contribution in [3.8, 4) is 5.75 Å². The van der Waals surface area contributed by atoms with E-state index in [0.29, 0.717) is 5.56 Å². The Balaban J connectivity index is 2.06. The number of hydrogen-bond acceptors (Lipinski definition) is 9. The Morgan fingerprint density at radius 3 is 2.48 bits per heavy atom. The first-order valence-electron chi connectivity index (χ1n) is 9.57. The van der Waals surface area contributed by atoms with Crippen LogP contribution in [0.5, 0.6) is 5.75 Å². The number of nitrogens with one attached hydrogen (secondary N) is 1. The fourth-order valence-electron chi connectivity index (χ4n) is 2.81. The summed E-state index contributed by atoms with van der Waals surface area (Å²) in [4.78, 5) is 44.5. The van der Waals surface area contributed by atoms with E-state index in [9.17, 15) is 39.4 Å². The highest BCUT2D eigenvalue weighted by Gasteiger charge is 2.35. The van der Waals surface area contributed by atoms with Gasteiger partial charge in [0, 0.05) is 23.9 Å². The van der Waals surface area contributed by atoms with Gasteiger partial charge in [0.25, 0.3) is 5.69 Å². The third-order valence-electron chi connectivity index (χ3n) is 4.61. The molecule has 2 aromatic carbocycles. The second kappa shape index (κ2) is 11.4. The van der Waals surface area contributed by atoms with Crippen LogP contribution in [0.3, 0.4) is 0 Å². The lowest BCUT2D eigenvalue weighted by atomic mass is 10.2. The third kappa shape index (κ3) is 7.28. The Labute approximate surface area is 188 Å². The van der Waals surface area contributed by atoms with Crippen LogP contribution >= 0.6 is 7.37 Å². The van der Waals surface area contributed by atoms with E-state index < -0.39 is 65.8 Å². The van der Waals surface area contributed by atoms with Crippen LogP contribution in [0.15, 0.2) is 48.5 Å². The number of non-ortho nitro benzene ring substituents is 1. The molecule has 0 radical (unpaired) electrons. The molecule has 33 heavy (non-hydrogen) atoms. The summed E-state index contributed by atoms with van der Waals surface area (Å²) in [7, 11) is -3.46. The van der Waals surface area contributed by atoms with E-state index in [0.717, 1.165) is 25.3 Å². The van der Waals surface area contributed by atoms with Gasteiger partial charge >= 0.3 is 12.1 Å². The molecular formula is C20H23N2O10P. The number of nitro groups is 1. The standard InChI is InChI=1S/C20H23N2O10P/c1-31-18(24)16(21-20(26)32-12-13-5-3-2-4-6-13)9-10-33(29,30)19(25)15-11-14(22(27)28)7-8-17(15)23/h2-8,11,16,19,23,25H,9-10,12H2,1H3,(H,21,26)(H,29,30)/t16-,19?/m0/s1. The zero-order valence-electron chi connectivity index (χ0n) is 17.5. The van der Waals surface area contributed by atoms with Gasteiger partial charge in [-0.05, 0) is 18.1 Å². The van der Waals surface area contributed by atoms with E-state index in [4.69, 9.17) is 4.74 Å². The Morgan fingerprint density at radius 2 is 1.88 bits per heavy atom. The quantitative estimate of drug-likeness (QED) is 0.170. The van der Waals surface area contributed by atoms with Crippen LogP contribution in [0.2, 0.25) is 0 Å². The van der Waals surface area contributed by atoms with Crippen LogP contribution in [0.4, 0.5) is 10.5 Å². The van der Waals surface area contributed by atoms with Gasteiger partial charge in [-0.2, -0.15) is 0 Å². The van der Waals surface area contributed by atoms with Gasteiger partial charge in [-0.15, -0.1) is 0 Å². The summed E-state index contributed by atoms with van der Waals surface area (Å²) < 4.78 is 22.3. The number of alkyl carbamates (subject to hydrolysis) is 1. The average Bonchev–Trinajstić information content (AvgIpc) is 2.80. The van der Waals surface area contributed by atoms with Crippen LogP contribution in [-0.2, 0) is 25.4 Å². The highest BCUT2D eigenvalue weighted by atomic mass is 31.2. The van der Waals surface area contributed by atoms with Gasteiger partial charge < -0.3 is 29.9 Å². The van der Waals surface area contributed by atoms with Gasteiger partial charge in [0.2, 0.25) is 7.37 Å². The molecule has 0 aromatic heterocycles. The van der Waals surface area contributed by atoms with Gasteiger partial charge in [-0.25, -0.2) is 9.59 Å². The smallest absolute Gasteiger partial charge is 0.408 e. The highest BCUT2D eigenvalue weighted by Crippen LogP contribution is 2.56. The molecule has 0 saturated heterocycles. The molecule has 0 aliphatic heterocycles. The molecule has 0 aliphatic carbocycles. The number of phenols is 1. The van der Waals surface area contributed by atoms with Crippen molar-refractivity contribution in [3.63, 3.8) is 0 Å². The van der Waals surface area contributed by atoms with Crippen molar-refractivity contribution >= 4 is 25.1 Å². The summed E-state index contributed by atoms with van der Waals surface area (Å²) in [5.41, 5.74) is -0.320. The molecule has 0 saturated carbocycles. The van der Waals surface area contributed by atoms with E-state index in [-0.39, 0.29) is 6.61 Å². The topological polar surface area (TPSA) is 186 Å². The molecule has 2 rings (SSSR count). The number of aliphatic hydroxyl groups excluding tert-OH is 1. The molecular weight excluding hydrogens is 459 g/mol. The number of amides is 1. The number of aromatic hydroxyl groups is 1. The lowest BCUT2D eigenvalue weighted by Gasteiger charge is -2.22. The van der Waals surface area contributed by atoms with Gasteiger partial charge in [0.15, 0.2) is 5.85 Å². The second-order valence-corrected chi connectivity index (χ2v) is 9.37. The number of phenolic OH excluding ortho intramolecular Hbond substituents is 1. The lowest BCUT2D eigenvalue weighted by molar-refractivity contribution is -0.385. The molecule has 0 heterocycles. The van der Waals surface area contributed by atoms with Crippen molar-refractivity contribution in [2.45, 2.75) is 24.9 Å². The monoisotopic (exact) mass is 482 g/mol. The molecule has 0 bridgehead atoms. The van der Waals surface area contributed by atoms with Crippen molar-refractivity contribution in [1.29, 1.82) is 0 Å². The second-order valence-electron chi connectivity index (χ2n) is 6.92. The number of rotatable bonds is 10. The Morgan fingerprint density at radius 1 is 1.21 bits per heavy atom. The Bertz CT molecular complexity index is 1050. The van der Waals surface area contributed by atoms with E-state index in [1.54, 1.807) is 30.3 Å². The summed E-state index contributed by atoms with van der Waals surface area (Å²) in [6.45, 7) is -0.0795. The van der Waals surface area contributed by atoms with E-state index in [1.165, 1.54) is 0 Å². The average molecular weight is 482 g/mol. The van der Waals surface area contributed by atoms with Crippen molar-refractivity contribution in [3.05, 3.63) is 69.8 Å². The number of nitrogens with zero attached hydrogens (tertiary/aromatic N) is 1. The van der Waals surface area contributed by atoms with Crippen LogP contribution in [0, 0.1) is 10.1 Å². The number of ether oxygens (including phenoxy) is 2. The molecule has 12 nitrogen and oxygen atoms in total. The first kappa shape index (κ1) is 25.8. The fraction of sp³-hybridized carbons (Fsp3) is 0.300. The fourth-order valence-corrected chi connectivity index (χ4v) is 4.33. The maximum atomic E-state index is 12.7. The maximum absolute atomic E-state index is 12.7. The van der Waals surface area contributed by atoms with Gasteiger partial charge in [-0.1, -0.05) is 30.3 Å². The zero-order valence-corrected chi connectivity index (χ0v) is 18.4. The SMILES string of the molecule is COC(=O)[C@H](CCP(=O)(O)C(O)c1cc([N+](=O)[O-])ccc1O)NC(=O)OCc1ccccc1. The molecule has 178 valence electrons. The molecule has 0 fully saturated rings. The maximum Gasteiger partial charge on any atom is 0.408 e. The number of carbonyl (C=O) groups is 2. The predicted octanol–water partition coefficient (Wildman–Crippen LogP) is 2.42. The van der Waals surface area contributed by atoms with E-state index in [2.05, 4.69) is 10.1 Å². The number of benzene rings is 2. The first-order valence-corrected chi connectivity index (χ1v) is 11.5. The number of aliphatic hydroxyl groups is 1. The predicted molar refractivity (Wildman–Crippen MR) is 115 cm³/mol. The number of esters is 1. The Hall–Kier alpha value is -3.47. The number of methoxy groups -OCH3 is 1. The molecule has 3 atom stereocenters. The minimum atomic E-state index is -4.52. The van der Waals surface area contributed by atoms with Crippen LogP contribution in [-0.4, -0.2) is 51.4 Å². The molecule has 13 heteroatoms. The summed E-state index contributed by atoms with van der Waals surface area (Å²) in [5, 5.41) is 33.3. The molecule has 0 spiro atoms. The van der Waals surface area contributed by atoms with Crippen molar-refractivity contribution < 1.29 is 43.7 Å². The van der Waals surface area contributed by atoms with Gasteiger partial charge in [-0.3, -0.25) is 14.7 Å². The van der Waals surface area contributed by atoms with Gasteiger partial charge in [0.05, 0.1) is 12.0 Å². The van der Waals surface area contributed by atoms with Crippen LogP contribution in [0.1, 0.15) is 23.4 Å². The zero-order chi connectivity index (χ0) is 24.6. The molecule has 2 aromatic rings. The summed E-state index contributed by atoms with van der Waals surface area (Å²) in [5.74, 6) is -3.70. The Kier molecular flexibility index (Phi) is 8.92. The highest BCUT2D eigenvalue weighted by molar-refractivity contribution is 7.58. The normalized spacial score (nSPS) is 14.4. The largest absolute Gasteiger partial charge is 0.508 e. The van der Waals surface area contributed by atoms with Gasteiger partial charge in [0.1, 0.15) is 18.4 Å². The van der Waals surface area contributed by atoms with E-state index >= 15 is 0 Å². The number of carbonyl (C=O) groups excluding carboxylic acids is 2. The molecule has 4 N–H and O–H groups in total. The molecule has 2 unspecified atom stereocenters. The summed E-state index contributed by atoms with van der Waals surface area (Å²) in [6, 6.07) is 10.0. The van der Waals surface area contributed by atoms with Crippen molar-refractivity contribution in [1.82, 2.24) is 5.32 Å². The first-order chi connectivity index (χ1) is 15.5. The minimum Gasteiger partial charge on any atom is -0.508 e. The lowest BCUT2D eigenvalue weighted by Crippen LogP contribution is -2.42. The van der Waals surface area contributed by atoms with Crippen LogP contribution < -0.4 is 5.32 Å². The summed E-state index contributed by atoms with van der Waals surface area (Å²) >= 11 is 0. The van der Waals surface area contributed by atoms with E-state index in [1.807, 2.05) is 0 Å². The van der Waals surface area contributed by atoms with Crippen LogP contribution in [0.25, 0.3) is 0 Å². The number of nitro benzene ring substituents is 1. The molecule has 0 aliphatic rings. The minimum absolute atomic E-state index is 0.0795. The molecule has 1 amide bonds. The third-order valence-corrected chi connectivity index (χ3v) is 6.55.